The van der Waals surface area contributed by atoms with E-state index in [1.165, 1.54) is 11.3 Å². The number of halogens is 3. The van der Waals surface area contributed by atoms with Gasteiger partial charge in [-0.3, -0.25) is 9.36 Å². The van der Waals surface area contributed by atoms with E-state index in [2.05, 4.69) is 4.98 Å². The molecule has 16 heavy (non-hydrogen) atoms. The number of hydrogen-bond acceptors (Lipinski definition) is 3. The summed E-state index contributed by atoms with van der Waals surface area (Å²) in [5.74, 6) is 0. The predicted octanol–water partition coefficient (Wildman–Crippen LogP) is 2.41. The molecule has 86 valence electrons. The van der Waals surface area contributed by atoms with Gasteiger partial charge in [-0.05, 0) is 11.4 Å². The van der Waals surface area contributed by atoms with E-state index in [9.17, 15) is 18.0 Å². The molecule has 0 fully saturated rings. The van der Waals surface area contributed by atoms with Gasteiger partial charge in [-0.15, -0.1) is 11.3 Å². The van der Waals surface area contributed by atoms with Gasteiger partial charge in [-0.1, -0.05) is 0 Å². The normalized spacial score (nSPS) is 12.2. The Labute approximate surface area is 92.2 Å². The Morgan fingerprint density at radius 3 is 2.88 bits per heavy atom. The summed E-state index contributed by atoms with van der Waals surface area (Å²) < 4.78 is 37.4. The summed E-state index contributed by atoms with van der Waals surface area (Å²) in [4.78, 5) is 15.6. The SMILES string of the molecule is O=c1c2sccc2ncn1CCC(F)(F)F. The van der Waals surface area contributed by atoms with Crippen LogP contribution in [0, 0.1) is 0 Å². The Bertz CT molecular complexity index is 558. The van der Waals surface area contributed by atoms with Crippen molar-refractivity contribution in [3.05, 3.63) is 28.1 Å². The second kappa shape index (κ2) is 3.89. The number of fused-ring (bicyclic) bond motifs is 1. The molecule has 0 saturated carbocycles. The standard InChI is InChI=1S/C9H7F3N2OS/c10-9(11,12)2-3-14-5-13-6-1-4-16-7(6)8(14)15/h1,4-5H,2-3H2. The number of hydrogen-bond donors (Lipinski definition) is 0. The van der Waals surface area contributed by atoms with Crippen molar-refractivity contribution in [2.45, 2.75) is 19.1 Å². The van der Waals surface area contributed by atoms with E-state index in [0.717, 1.165) is 10.9 Å². The second-order valence-electron chi connectivity index (χ2n) is 3.24. The Morgan fingerprint density at radius 2 is 2.19 bits per heavy atom. The van der Waals surface area contributed by atoms with Crippen LogP contribution < -0.4 is 5.56 Å². The largest absolute Gasteiger partial charge is 0.390 e. The van der Waals surface area contributed by atoms with Gasteiger partial charge in [0.05, 0.1) is 18.3 Å². The molecule has 0 saturated heterocycles. The number of alkyl halides is 3. The third-order valence-corrected chi connectivity index (χ3v) is 2.96. The smallest absolute Gasteiger partial charge is 0.298 e. The zero-order valence-electron chi connectivity index (χ0n) is 7.99. The molecule has 0 unspecified atom stereocenters. The van der Waals surface area contributed by atoms with Gasteiger partial charge in [0.1, 0.15) is 4.70 Å². The summed E-state index contributed by atoms with van der Waals surface area (Å²) in [6, 6.07) is 1.66. The lowest BCUT2D eigenvalue weighted by molar-refractivity contribution is -0.136. The highest BCUT2D eigenvalue weighted by Crippen LogP contribution is 2.20. The summed E-state index contributed by atoms with van der Waals surface area (Å²) in [7, 11) is 0. The molecule has 2 heterocycles. The molecule has 0 aliphatic carbocycles. The van der Waals surface area contributed by atoms with Gasteiger partial charge in [-0.2, -0.15) is 13.2 Å². The van der Waals surface area contributed by atoms with Crippen molar-refractivity contribution in [3.8, 4) is 0 Å². The summed E-state index contributed by atoms with van der Waals surface area (Å²) in [5, 5.41) is 1.69. The van der Waals surface area contributed by atoms with Gasteiger partial charge in [0.2, 0.25) is 0 Å². The lowest BCUT2D eigenvalue weighted by Crippen LogP contribution is -2.23. The minimum atomic E-state index is -4.26. The van der Waals surface area contributed by atoms with Crippen molar-refractivity contribution in [1.82, 2.24) is 9.55 Å². The van der Waals surface area contributed by atoms with Gasteiger partial charge >= 0.3 is 6.18 Å². The molecule has 0 bridgehead atoms. The maximum Gasteiger partial charge on any atom is 0.390 e. The van der Waals surface area contributed by atoms with Crippen molar-refractivity contribution in [2.24, 2.45) is 0 Å². The maximum atomic E-state index is 12.0. The van der Waals surface area contributed by atoms with Crippen LogP contribution in [-0.2, 0) is 6.54 Å². The third-order valence-electron chi connectivity index (χ3n) is 2.07. The molecule has 3 nitrogen and oxygen atoms in total. The number of thiophene rings is 1. The molecule has 0 N–H and O–H groups in total. The first-order valence-corrected chi connectivity index (χ1v) is 5.35. The molecule has 0 aliphatic heterocycles. The van der Waals surface area contributed by atoms with Gasteiger partial charge in [-0.25, -0.2) is 4.98 Å². The topological polar surface area (TPSA) is 34.9 Å². The van der Waals surface area contributed by atoms with Crippen molar-refractivity contribution < 1.29 is 13.2 Å². The van der Waals surface area contributed by atoms with Crippen LogP contribution in [0.5, 0.6) is 0 Å². The van der Waals surface area contributed by atoms with E-state index in [1.54, 1.807) is 11.4 Å². The van der Waals surface area contributed by atoms with E-state index < -0.39 is 18.2 Å². The van der Waals surface area contributed by atoms with Crippen molar-refractivity contribution >= 4 is 21.6 Å². The lowest BCUT2D eigenvalue weighted by atomic mass is 10.4. The summed E-state index contributed by atoms with van der Waals surface area (Å²) >= 11 is 1.18. The van der Waals surface area contributed by atoms with Crippen molar-refractivity contribution in [3.63, 3.8) is 0 Å². The average Bonchev–Trinajstić information content (AvgIpc) is 2.64. The molecular weight excluding hydrogens is 241 g/mol. The highest BCUT2D eigenvalue weighted by molar-refractivity contribution is 7.17. The average molecular weight is 248 g/mol. The summed E-state index contributed by atoms with van der Waals surface area (Å²) in [6.45, 7) is -0.386. The van der Waals surface area contributed by atoms with Crippen LogP contribution in [-0.4, -0.2) is 15.7 Å². The quantitative estimate of drug-likeness (QED) is 0.818. The monoisotopic (exact) mass is 248 g/mol. The van der Waals surface area contributed by atoms with Crippen LogP contribution in [0.25, 0.3) is 10.2 Å². The Kier molecular flexibility index (Phi) is 2.71. The summed E-state index contributed by atoms with van der Waals surface area (Å²) in [6.07, 6.45) is -4.13. The molecular formula is C9H7F3N2OS. The van der Waals surface area contributed by atoms with Crippen LogP contribution in [0.2, 0.25) is 0 Å². The fourth-order valence-corrected chi connectivity index (χ4v) is 2.08. The van der Waals surface area contributed by atoms with E-state index in [-0.39, 0.29) is 6.54 Å². The van der Waals surface area contributed by atoms with Gasteiger partial charge in [0, 0.05) is 6.54 Å². The molecule has 2 rings (SSSR count). The molecule has 2 aromatic heterocycles. The Morgan fingerprint density at radius 1 is 1.44 bits per heavy atom. The maximum absolute atomic E-state index is 12.0. The van der Waals surface area contributed by atoms with Crippen molar-refractivity contribution in [1.29, 1.82) is 0 Å². The second-order valence-corrected chi connectivity index (χ2v) is 4.16. The zero-order chi connectivity index (χ0) is 11.8. The fourth-order valence-electron chi connectivity index (χ4n) is 1.29. The van der Waals surface area contributed by atoms with E-state index in [1.807, 2.05) is 0 Å². The zero-order valence-corrected chi connectivity index (χ0v) is 8.81. The highest BCUT2D eigenvalue weighted by atomic mass is 32.1. The van der Waals surface area contributed by atoms with Crippen LogP contribution in [0.4, 0.5) is 13.2 Å². The van der Waals surface area contributed by atoms with E-state index in [4.69, 9.17) is 0 Å². The fraction of sp³-hybridized carbons (Fsp3) is 0.333. The van der Waals surface area contributed by atoms with Crippen LogP contribution in [0.15, 0.2) is 22.6 Å². The molecule has 0 aliphatic rings. The van der Waals surface area contributed by atoms with Gasteiger partial charge in [0.25, 0.3) is 5.56 Å². The van der Waals surface area contributed by atoms with E-state index in [0.29, 0.717) is 10.2 Å². The minimum Gasteiger partial charge on any atom is -0.298 e. The minimum absolute atomic E-state index is 0.386. The van der Waals surface area contributed by atoms with Gasteiger partial charge in [0.15, 0.2) is 0 Å². The first-order chi connectivity index (χ1) is 7.47. The van der Waals surface area contributed by atoms with Crippen LogP contribution in [0.3, 0.4) is 0 Å². The van der Waals surface area contributed by atoms with E-state index >= 15 is 0 Å². The Hall–Kier alpha value is -1.37. The number of aryl methyl sites for hydroxylation is 1. The molecule has 7 heteroatoms. The first kappa shape index (κ1) is 11.1. The first-order valence-electron chi connectivity index (χ1n) is 4.47. The lowest BCUT2D eigenvalue weighted by Gasteiger charge is -2.07. The molecule has 0 amide bonds. The van der Waals surface area contributed by atoms with Gasteiger partial charge < -0.3 is 0 Å². The molecule has 0 aromatic carbocycles. The summed E-state index contributed by atoms with van der Waals surface area (Å²) in [5.41, 5.74) is 0.113. The number of rotatable bonds is 2. The number of aromatic nitrogens is 2. The molecule has 0 radical (unpaired) electrons. The predicted molar refractivity (Wildman–Crippen MR) is 54.6 cm³/mol. The third kappa shape index (κ3) is 2.24. The molecule has 0 spiro atoms. The molecule has 0 atom stereocenters. The Balaban J connectivity index is 2.31. The number of nitrogens with zero attached hydrogens (tertiary/aromatic N) is 2. The van der Waals surface area contributed by atoms with Crippen LogP contribution in [0.1, 0.15) is 6.42 Å². The van der Waals surface area contributed by atoms with Crippen LogP contribution >= 0.6 is 11.3 Å². The van der Waals surface area contributed by atoms with Crippen molar-refractivity contribution in [2.75, 3.05) is 0 Å². The molecule has 2 aromatic rings. The highest BCUT2D eigenvalue weighted by Gasteiger charge is 2.26.